The lowest BCUT2D eigenvalue weighted by Gasteiger charge is -2.32. The lowest BCUT2D eigenvalue weighted by Crippen LogP contribution is -2.41. The van der Waals surface area contributed by atoms with Gasteiger partial charge in [-0.2, -0.15) is 0 Å². The van der Waals surface area contributed by atoms with Gasteiger partial charge >= 0.3 is 7.12 Å². The van der Waals surface area contributed by atoms with Crippen molar-refractivity contribution in [3.05, 3.63) is 34.5 Å². The molecule has 1 fully saturated rings. The average Bonchev–Trinajstić information content (AvgIpc) is 3.10. The highest BCUT2D eigenvalue weighted by molar-refractivity contribution is 7.23. The summed E-state index contributed by atoms with van der Waals surface area (Å²) in [6.45, 7) is 9.83. The Morgan fingerprint density at radius 1 is 1.07 bits per heavy atom. The second-order valence-electron chi connectivity index (χ2n) is 7.42. The minimum Gasteiger partial charge on any atom is -0.496 e. The summed E-state index contributed by atoms with van der Waals surface area (Å²) in [5.41, 5.74) is 0.168. The van der Waals surface area contributed by atoms with Gasteiger partial charge in [0.1, 0.15) is 17.1 Å². The number of carbonyl (C=O) groups excluding carboxylic acids is 1. The van der Waals surface area contributed by atoms with Gasteiger partial charge in [0.05, 0.1) is 30.2 Å². The number of ketones is 1. The quantitative estimate of drug-likeness (QED) is 0.579. The van der Waals surface area contributed by atoms with E-state index in [-0.39, 0.29) is 5.78 Å². The van der Waals surface area contributed by atoms with Gasteiger partial charge in [-0.3, -0.25) is 4.79 Å². The average molecular weight is 389 g/mol. The van der Waals surface area contributed by atoms with Crippen molar-refractivity contribution >= 4 is 29.0 Å². The number of aromatic nitrogens is 1. The van der Waals surface area contributed by atoms with E-state index in [0.717, 1.165) is 10.5 Å². The second kappa shape index (κ2) is 6.93. The first kappa shape index (κ1) is 19.9. The molecule has 8 heteroatoms. The van der Waals surface area contributed by atoms with Crippen LogP contribution in [0.3, 0.4) is 0 Å². The van der Waals surface area contributed by atoms with Crippen LogP contribution < -0.4 is 14.3 Å². The number of methoxy groups -OCH3 is 2. The third-order valence-corrected chi connectivity index (χ3v) is 6.33. The zero-order chi connectivity index (χ0) is 20.0. The van der Waals surface area contributed by atoms with E-state index in [1.807, 2.05) is 34.6 Å². The number of rotatable bonds is 5. The predicted octanol–water partition coefficient (Wildman–Crippen LogP) is 3.00. The molecule has 144 valence electrons. The number of ether oxygens (including phenoxy) is 2. The molecule has 0 aliphatic carbocycles. The van der Waals surface area contributed by atoms with Crippen molar-refractivity contribution in [3.8, 4) is 11.5 Å². The molecule has 2 aromatic rings. The van der Waals surface area contributed by atoms with Gasteiger partial charge in [-0.15, -0.1) is 11.3 Å². The molecule has 1 aromatic heterocycles. The van der Waals surface area contributed by atoms with Crippen LogP contribution in [0.25, 0.3) is 0 Å². The maximum atomic E-state index is 13.1. The third kappa shape index (κ3) is 3.37. The Kier molecular flexibility index (Phi) is 5.09. The first-order valence-corrected chi connectivity index (χ1v) is 9.51. The van der Waals surface area contributed by atoms with E-state index in [0.29, 0.717) is 22.1 Å². The summed E-state index contributed by atoms with van der Waals surface area (Å²) >= 11 is 1.28. The molecule has 6 nitrogen and oxygen atoms in total. The molecule has 0 N–H and O–H groups in total. The van der Waals surface area contributed by atoms with Gasteiger partial charge in [-0.05, 0) is 46.8 Å². The molecule has 1 aliphatic heterocycles. The monoisotopic (exact) mass is 389 g/mol. The lowest BCUT2D eigenvalue weighted by molar-refractivity contribution is 0.00578. The molecule has 2 heterocycles. The summed E-state index contributed by atoms with van der Waals surface area (Å²) < 4.78 is 23.7. The van der Waals surface area contributed by atoms with Crippen LogP contribution in [0, 0.1) is 6.92 Å². The van der Waals surface area contributed by atoms with Crippen LogP contribution in [0.15, 0.2) is 18.2 Å². The first-order valence-electron chi connectivity index (χ1n) is 8.70. The Morgan fingerprint density at radius 2 is 1.59 bits per heavy atom. The highest BCUT2D eigenvalue weighted by Gasteiger charge is 2.53. The number of hydrogen-bond donors (Lipinski definition) is 0. The van der Waals surface area contributed by atoms with Crippen LogP contribution in [0.4, 0.5) is 0 Å². The van der Waals surface area contributed by atoms with Crippen molar-refractivity contribution in [2.75, 3.05) is 14.2 Å². The lowest BCUT2D eigenvalue weighted by atomic mass is 9.86. The Hall–Kier alpha value is -1.90. The van der Waals surface area contributed by atoms with Crippen molar-refractivity contribution < 1.29 is 23.6 Å². The van der Waals surface area contributed by atoms with Crippen LogP contribution >= 0.6 is 11.3 Å². The molecule has 27 heavy (non-hydrogen) atoms. The van der Waals surface area contributed by atoms with Crippen LogP contribution in [0.5, 0.6) is 11.5 Å². The number of thiazole rings is 1. The summed E-state index contributed by atoms with van der Waals surface area (Å²) in [5.74, 6) is 0.647. The molecule has 0 radical (unpaired) electrons. The zero-order valence-electron chi connectivity index (χ0n) is 16.7. The van der Waals surface area contributed by atoms with Gasteiger partial charge < -0.3 is 18.8 Å². The molecule has 0 saturated carbocycles. The largest absolute Gasteiger partial charge is 0.507 e. The van der Waals surface area contributed by atoms with Crippen molar-refractivity contribution in [2.45, 2.75) is 45.8 Å². The summed E-state index contributed by atoms with van der Waals surface area (Å²) in [5, 5.41) is 0.347. The second-order valence-corrected chi connectivity index (χ2v) is 8.45. The van der Waals surface area contributed by atoms with E-state index < -0.39 is 18.3 Å². The number of aryl methyl sites for hydroxylation is 1. The standard InChI is InChI=1S/C19H24BNO5S/c1-11-16(20-25-18(2,3)19(4,5)26-20)27-17(21-11)15(22)14-12(23-6)9-8-10-13(14)24-7/h8-10H,1-7H3. The molecular weight excluding hydrogens is 365 g/mol. The van der Waals surface area contributed by atoms with E-state index in [2.05, 4.69) is 4.98 Å². The van der Waals surface area contributed by atoms with Gasteiger partial charge in [0.25, 0.3) is 0 Å². The Morgan fingerprint density at radius 3 is 2.07 bits per heavy atom. The Labute approximate surface area is 164 Å². The van der Waals surface area contributed by atoms with Crippen molar-refractivity contribution in [3.63, 3.8) is 0 Å². The van der Waals surface area contributed by atoms with Crippen LogP contribution in [0.1, 0.15) is 48.8 Å². The van der Waals surface area contributed by atoms with Crippen molar-refractivity contribution in [1.29, 1.82) is 0 Å². The maximum Gasteiger partial charge on any atom is 0.507 e. The molecule has 0 bridgehead atoms. The maximum absolute atomic E-state index is 13.1. The van der Waals surface area contributed by atoms with Crippen molar-refractivity contribution in [2.24, 2.45) is 0 Å². The number of benzene rings is 1. The normalized spacial score (nSPS) is 17.8. The molecule has 0 spiro atoms. The summed E-state index contributed by atoms with van der Waals surface area (Å²) in [6, 6.07) is 5.23. The molecule has 0 atom stereocenters. The molecule has 0 unspecified atom stereocenters. The van der Waals surface area contributed by atoms with E-state index in [1.54, 1.807) is 18.2 Å². The topological polar surface area (TPSA) is 66.9 Å². The fraction of sp³-hybridized carbons (Fsp3) is 0.474. The highest BCUT2D eigenvalue weighted by Crippen LogP contribution is 2.37. The highest BCUT2D eigenvalue weighted by atomic mass is 32.1. The predicted molar refractivity (Wildman–Crippen MR) is 106 cm³/mol. The molecule has 3 rings (SSSR count). The van der Waals surface area contributed by atoms with Gasteiger partial charge in [-0.25, -0.2) is 4.98 Å². The fourth-order valence-corrected chi connectivity index (χ4v) is 3.83. The Balaban J connectivity index is 1.98. The number of nitrogens with zero attached hydrogens (tertiary/aromatic N) is 1. The molecule has 1 saturated heterocycles. The smallest absolute Gasteiger partial charge is 0.496 e. The molecule has 1 aromatic carbocycles. The van der Waals surface area contributed by atoms with E-state index in [9.17, 15) is 4.79 Å². The van der Waals surface area contributed by atoms with Crippen LogP contribution in [-0.4, -0.2) is 43.3 Å². The van der Waals surface area contributed by atoms with Crippen LogP contribution in [-0.2, 0) is 9.31 Å². The summed E-state index contributed by atoms with van der Waals surface area (Å²) in [4.78, 5) is 17.6. The number of hydrogen-bond acceptors (Lipinski definition) is 7. The fourth-order valence-electron chi connectivity index (χ4n) is 2.86. The van der Waals surface area contributed by atoms with E-state index >= 15 is 0 Å². The molecular formula is C19H24BNO5S. The van der Waals surface area contributed by atoms with Gasteiger partial charge in [0.15, 0.2) is 5.01 Å². The van der Waals surface area contributed by atoms with Gasteiger partial charge in [0, 0.05) is 5.69 Å². The minimum atomic E-state index is -0.548. The number of carbonyl (C=O) groups is 1. The SMILES string of the molecule is COc1cccc(OC)c1C(=O)c1nc(C)c(B2OC(C)(C)C(C)(C)O2)s1. The van der Waals surface area contributed by atoms with Crippen molar-refractivity contribution in [1.82, 2.24) is 4.98 Å². The van der Waals surface area contributed by atoms with Crippen LogP contribution in [0.2, 0.25) is 0 Å². The third-order valence-electron chi connectivity index (χ3n) is 5.15. The van der Waals surface area contributed by atoms with Gasteiger partial charge in [0.2, 0.25) is 5.78 Å². The summed E-state index contributed by atoms with van der Waals surface area (Å²) in [6.07, 6.45) is 0. The minimum absolute atomic E-state index is 0.250. The Bertz CT molecular complexity index is 839. The van der Waals surface area contributed by atoms with Gasteiger partial charge in [-0.1, -0.05) is 6.07 Å². The summed E-state index contributed by atoms with van der Waals surface area (Å²) in [7, 11) is 2.50. The van der Waals surface area contributed by atoms with E-state index in [1.165, 1.54) is 25.6 Å². The van der Waals surface area contributed by atoms with E-state index in [4.69, 9.17) is 18.8 Å². The molecule has 1 aliphatic rings. The molecule has 0 amide bonds. The zero-order valence-corrected chi connectivity index (χ0v) is 17.5. The first-order chi connectivity index (χ1) is 12.6.